The van der Waals surface area contributed by atoms with Gasteiger partial charge in [-0.25, -0.2) is 4.98 Å². The summed E-state index contributed by atoms with van der Waals surface area (Å²) in [7, 11) is 2.06. The van der Waals surface area contributed by atoms with Crippen LogP contribution in [-0.4, -0.2) is 16.1 Å². The summed E-state index contributed by atoms with van der Waals surface area (Å²) in [5, 5.41) is 6.51. The molecule has 3 nitrogen and oxygen atoms in total. The van der Waals surface area contributed by atoms with Crippen LogP contribution in [0.1, 0.15) is 22.3 Å². The molecule has 5 heteroatoms. The number of imidazole rings is 1. The van der Waals surface area contributed by atoms with E-state index in [2.05, 4.69) is 28.4 Å². The molecule has 0 bridgehead atoms. The average molecular weight is 304 g/mol. The number of rotatable bonds is 1. The summed E-state index contributed by atoms with van der Waals surface area (Å²) in [4.78, 5) is 6.27. The summed E-state index contributed by atoms with van der Waals surface area (Å²) in [6, 6.07) is 8.25. The van der Waals surface area contributed by atoms with Gasteiger partial charge >= 0.3 is 0 Å². The normalized spacial score (nSPS) is 18.4. The monoisotopic (exact) mass is 303 g/mol. The Hall–Kier alpha value is -1.36. The first-order valence-electron chi connectivity index (χ1n) is 6.65. The summed E-state index contributed by atoms with van der Waals surface area (Å²) >= 11 is 7.94. The van der Waals surface area contributed by atoms with E-state index in [0.717, 1.165) is 34.8 Å². The van der Waals surface area contributed by atoms with Crippen molar-refractivity contribution < 1.29 is 0 Å². The van der Waals surface area contributed by atoms with E-state index in [1.807, 2.05) is 29.5 Å². The molecule has 0 amide bonds. The van der Waals surface area contributed by atoms with Crippen molar-refractivity contribution in [1.82, 2.24) is 14.9 Å². The first-order valence-corrected chi connectivity index (χ1v) is 7.91. The Morgan fingerprint density at radius 1 is 1.40 bits per heavy atom. The summed E-state index contributed by atoms with van der Waals surface area (Å²) in [6.07, 6.45) is 1.11. The van der Waals surface area contributed by atoms with Crippen molar-refractivity contribution in [2.75, 3.05) is 6.54 Å². The predicted octanol–water partition coefficient (Wildman–Crippen LogP) is 3.52. The summed E-state index contributed by atoms with van der Waals surface area (Å²) in [5.41, 5.74) is 3.44. The lowest BCUT2D eigenvalue weighted by Gasteiger charge is -2.23. The Bertz CT molecular complexity index is 790. The van der Waals surface area contributed by atoms with Crippen LogP contribution in [0.4, 0.5) is 0 Å². The largest absolute Gasteiger partial charge is 0.329 e. The highest BCUT2D eigenvalue weighted by Gasteiger charge is 2.26. The van der Waals surface area contributed by atoms with Crippen LogP contribution < -0.4 is 5.32 Å². The Morgan fingerprint density at radius 2 is 2.30 bits per heavy atom. The Kier molecular flexibility index (Phi) is 2.84. The first-order chi connectivity index (χ1) is 9.74. The molecule has 3 heterocycles. The van der Waals surface area contributed by atoms with E-state index in [4.69, 9.17) is 16.6 Å². The number of fused-ring (bicyclic) bond motifs is 2. The summed E-state index contributed by atoms with van der Waals surface area (Å²) < 4.78 is 2.14. The minimum Gasteiger partial charge on any atom is -0.329 e. The van der Waals surface area contributed by atoms with Crippen LogP contribution in [0.3, 0.4) is 0 Å². The quantitative estimate of drug-likeness (QED) is 0.745. The number of thiophene rings is 1. The number of benzene rings is 1. The second-order valence-electron chi connectivity index (χ2n) is 5.10. The lowest BCUT2D eigenvalue weighted by molar-refractivity contribution is 0.538. The molecule has 1 aliphatic rings. The standard InChI is InChI=1S/C15H14ClN3S/c1-19-12-8-9(16)2-3-11(12)18-15(19)14-10-5-7-20-13(10)4-6-17-14/h2-3,5,7-8,14,17H,4,6H2,1H3. The van der Waals surface area contributed by atoms with Gasteiger partial charge in [-0.05, 0) is 41.6 Å². The molecular formula is C15H14ClN3S. The molecule has 0 radical (unpaired) electrons. The van der Waals surface area contributed by atoms with Gasteiger partial charge in [0.15, 0.2) is 0 Å². The van der Waals surface area contributed by atoms with Crippen molar-refractivity contribution in [3.63, 3.8) is 0 Å². The Morgan fingerprint density at radius 3 is 3.20 bits per heavy atom. The third-order valence-electron chi connectivity index (χ3n) is 3.93. The van der Waals surface area contributed by atoms with Crippen molar-refractivity contribution in [2.24, 2.45) is 7.05 Å². The molecule has 102 valence electrons. The molecule has 1 aliphatic heterocycles. The number of hydrogen-bond donors (Lipinski definition) is 1. The lowest BCUT2D eigenvalue weighted by Crippen LogP contribution is -2.31. The molecule has 2 aromatic heterocycles. The lowest BCUT2D eigenvalue weighted by atomic mass is 10.0. The predicted molar refractivity (Wildman–Crippen MR) is 83.6 cm³/mol. The third kappa shape index (κ3) is 1.79. The molecule has 0 fully saturated rings. The molecule has 4 rings (SSSR count). The Labute approximate surface area is 126 Å². The van der Waals surface area contributed by atoms with Crippen LogP contribution in [0.5, 0.6) is 0 Å². The van der Waals surface area contributed by atoms with Crippen molar-refractivity contribution in [2.45, 2.75) is 12.5 Å². The van der Waals surface area contributed by atoms with Crippen LogP contribution in [0.15, 0.2) is 29.6 Å². The van der Waals surface area contributed by atoms with E-state index in [0.29, 0.717) is 0 Å². The van der Waals surface area contributed by atoms with Gasteiger partial charge in [0.25, 0.3) is 0 Å². The summed E-state index contributed by atoms with van der Waals surface area (Å²) in [6.45, 7) is 1.00. The number of halogens is 1. The van der Waals surface area contributed by atoms with Gasteiger partial charge in [-0.3, -0.25) is 0 Å². The minimum absolute atomic E-state index is 0.182. The Balaban J connectivity index is 1.90. The number of nitrogens with one attached hydrogen (secondary N) is 1. The zero-order valence-corrected chi connectivity index (χ0v) is 12.6. The van der Waals surface area contributed by atoms with E-state index >= 15 is 0 Å². The van der Waals surface area contributed by atoms with Crippen LogP contribution in [-0.2, 0) is 13.5 Å². The van der Waals surface area contributed by atoms with Crippen LogP contribution in [0.2, 0.25) is 5.02 Å². The molecule has 1 atom stereocenters. The molecule has 0 spiro atoms. The average Bonchev–Trinajstić information content (AvgIpc) is 3.04. The van der Waals surface area contributed by atoms with Gasteiger partial charge < -0.3 is 9.88 Å². The maximum atomic E-state index is 6.09. The van der Waals surface area contributed by atoms with E-state index in [9.17, 15) is 0 Å². The highest BCUT2D eigenvalue weighted by molar-refractivity contribution is 7.10. The number of hydrogen-bond acceptors (Lipinski definition) is 3. The van der Waals surface area contributed by atoms with E-state index < -0.39 is 0 Å². The van der Waals surface area contributed by atoms with Gasteiger partial charge in [0.05, 0.1) is 17.1 Å². The topological polar surface area (TPSA) is 29.9 Å². The van der Waals surface area contributed by atoms with Gasteiger partial charge in [0.1, 0.15) is 5.82 Å². The fraction of sp³-hybridized carbons (Fsp3) is 0.267. The molecular weight excluding hydrogens is 290 g/mol. The van der Waals surface area contributed by atoms with E-state index in [1.54, 1.807) is 0 Å². The fourth-order valence-electron chi connectivity index (χ4n) is 2.92. The van der Waals surface area contributed by atoms with Gasteiger partial charge in [0, 0.05) is 23.5 Å². The number of aromatic nitrogens is 2. The summed E-state index contributed by atoms with van der Waals surface area (Å²) in [5.74, 6) is 1.06. The van der Waals surface area contributed by atoms with Gasteiger partial charge in [-0.15, -0.1) is 11.3 Å². The van der Waals surface area contributed by atoms with Crippen LogP contribution in [0, 0.1) is 0 Å². The van der Waals surface area contributed by atoms with Gasteiger partial charge in [-0.1, -0.05) is 11.6 Å². The molecule has 0 saturated heterocycles. The zero-order chi connectivity index (χ0) is 13.7. The fourth-order valence-corrected chi connectivity index (χ4v) is 4.01. The molecule has 3 aromatic rings. The van der Waals surface area contributed by atoms with Gasteiger partial charge in [0.2, 0.25) is 0 Å². The minimum atomic E-state index is 0.182. The SMILES string of the molecule is Cn1c(C2NCCc3sccc32)nc2ccc(Cl)cc21. The van der Waals surface area contributed by atoms with Crippen molar-refractivity contribution in [3.8, 4) is 0 Å². The smallest absolute Gasteiger partial charge is 0.131 e. The van der Waals surface area contributed by atoms with E-state index in [-0.39, 0.29) is 6.04 Å². The molecule has 1 aromatic carbocycles. The molecule has 20 heavy (non-hydrogen) atoms. The maximum Gasteiger partial charge on any atom is 0.131 e. The molecule has 1 unspecified atom stereocenters. The van der Waals surface area contributed by atoms with Crippen molar-refractivity contribution in [3.05, 3.63) is 50.9 Å². The van der Waals surface area contributed by atoms with Crippen LogP contribution >= 0.6 is 22.9 Å². The van der Waals surface area contributed by atoms with Gasteiger partial charge in [-0.2, -0.15) is 0 Å². The third-order valence-corrected chi connectivity index (χ3v) is 5.16. The highest BCUT2D eigenvalue weighted by Crippen LogP contribution is 2.33. The second kappa shape index (κ2) is 4.58. The van der Waals surface area contributed by atoms with Crippen LogP contribution in [0.25, 0.3) is 11.0 Å². The number of aryl methyl sites for hydroxylation is 1. The van der Waals surface area contributed by atoms with E-state index in [1.165, 1.54) is 10.4 Å². The molecule has 1 N–H and O–H groups in total. The maximum absolute atomic E-state index is 6.09. The zero-order valence-electron chi connectivity index (χ0n) is 11.1. The first kappa shape index (κ1) is 12.4. The molecule has 0 saturated carbocycles. The highest BCUT2D eigenvalue weighted by atomic mass is 35.5. The van der Waals surface area contributed by atoms with Crippen molar-refractivity contribution in [1.29, 1.82) is 0 Å². The molecule has 0 aliphatic carbocycles. The second-order valence-corrected chi connectivity index (χ2v) is 6.54. The number of nitrogens with zero attached hydrogens (tertiary/aromatic N) is 2. The van der Waals surface area contributed by atoms with Crippen molar-refractivity contribution >= 4 is 34.0 Å².